The number of ether oxygens (including phenoxy) is 3. The van der Waals surface area contributed by atoms with Gasteiger partial charge in [-0.1, -0.05) is 18.2 Å². The summed E-state index contributed by atoms with van der Waals surface area (Å²) in [4.78, 5) is 0. The van der Waals surface area contributed by atoms with Crippen LogP contribution in [0.3, 0.4) is 0 Å². The van der Waals surface area contributed by atoms with Crippen LogP contribution in [0.15, 0.2) is 24.3 Å². The zero-order valence-corrected chi connectivity index (χ0v) is 15.7. The van der Waals surface area contributed by atoms with Crippen molar-refractivity contribution in [1.29, 1.82) is 0 Å². The monoisotopic (exact) mass is 411 g/mol. The van der Waals surface area contributed by atoms with Crippen molar-refractivity contribution in [2.45, 2.75) is 30.7 Å². The van der Waals surface area contributed by atoms with E-state index in [2.05, 4.69) is 10.1 Å². The molecular formula is C18H25ClF3NO4. The second kappa shape index (κ2) is 9.43. The van der Waals surface area contributed by atoms with Crippen molar-refractivity contribution in [3.8, 4) is 5.75 Å². The van der Waals surface area contributed by atoms with E-state index in [1.165, 1.54) is 12.1 Å². The molecule has 0 aliphatic carbocycles. The first-order valence-electron chi connectivity index (χ1n) is 8.83. The maximum absolute atomic E-state index is 12.9. The van der Waals surface area contributed by atoms with Crippen molar-refractivity contribution >= 4 is 12.4 Å². The van der Waals surface area contributed by atoms with Gasteiger partial charge in [-0.25, -0.2) is 0 Å². The molecule has 2 heterocycles. The molecule has 2 aliphatic rings. The number of rotatable bonds is 5. The number of benzene rings is 1. The van der Waals surface area contributed by atoms with Crippen molar-refractivity contribution in [2.75, 3.05) is 39.5 Å². The fraction of sp³-hybridized carbons (Fsp3) is 0.667. The van der Waals surface area contributed by atoms with Crippen molar-refractivity contribution < 1.29 is 32.5 Å². The van der Waals surface area contributed by atoms with E-state index in [-0.39, 0.29) is 30.7 Å². The van der Waals surface area contributed by atoms with Gasteiger partial charge < -0.3 is 24.6 Å². The molecule has 0 aromatic heterocycles. The number of hydrogen-bond acceptors (Lipinski definition) is 5. The van der Waals surface area contributed by atoms with Gasteiger partial charge in [0.05, 0.1) is 24.7 Å². The summed E-state index contributed by atoms with van der Waals surface area (Å²) in [6, 6.07) is 6.06. The van der Waals surface area contributed by atoms with Crippen LogP contribution in [-0.4, -0.2) is 57.1 Å². The summed E-state index contributed by atoms with van der Waals surface area (Å²) in [5.41, 5.74) is -0.667. The van der Waals surface area contributed by atoms with E-state index in [0.29, 0.717) is 51.3 Å². The van der Waals surface area contributed by atoms with Gasteiger partial charge in [0.15, 0.2) is 0 Å². The summed E-state index contributed by atoms with van der Waals surface area (Å²) in [6.45, 7) is 2.26. The Morgan fingerprint density at radius 3 is 2.44 bits per heavy atom. The summed E-state index contributed by atoms with van der Waals surface area (Å²) in [5.74, 6) is -0.362. The Morgan fingerprint density at radius 1 is 1.15 bits per heavy atom. The molecule has 0 bridgehead atoms. The van der Waals surface area contributed by atoms with E-state index in [9.17, 15) is 18.3 Å². The molecule has 2 atom stereocenters. The van der Waals surface area contributed by atoms with E-state index in [1.54, 1.807) is 12.1 Å². The van der Waals surface area contributed by atoms with Crippen molar-refractivity contribution in [3.63, 3.8) is 0 Å². The number of aliphatic hydroxyl groups excluding tert-OH is 1. The van der Waals surface area contributed by atoms with E-state index >= 15 is 0 Å². The molecule has 3 rings (SSSR count). The highest BCUT2D eigenvalue weighted by Crippen LogP contribution is 2.46. The van der Waals surface area contributed by atoms with E-state index in [1.807, 2.05) is 0 Å². The molecule has 0 saturated carbocycles. The van der Waals surface area contributed by atoms with Gasteiger partial charge in [0.25, 0.3) is 0 Å². The Balaban J connectivity index is 0.00000261. The lowest BCUT2D eigenvalue weighted by Gasteiger charge is -2.48. The molecule has 2 N–H and O–H groups in total. The number of alkyl halides is 3. The second-order valence-corrected chi connectivity index (χ2v) is 6.69. The van der Waals surface area contributed by atoms with Gasteiger partial charge in [0, 0.05) is 31.9 Å². The minimum absolute atomic E-state index is 0. The van der Waals surface area contributed by atoms with Crippen LogP contribution in [-0.2, 0) is 14.9 Å². The highest BCUT2D eigenvalue weighted by Gasteiger charge is 2.50. The average Bonchev–Trinajstić information content (AvgIpc) is 2.65. The predicted octanol–water partition coefficient (Wildman–Crippen LogP) is 2.65. The molecule has 2 aliphatic heterocycles. The summed E-state index contributed by atoms with van der Waals surface area (Å²) in [7, 11) is 0. The molecule has 27 heavy (non-hydrogen) atoms. The number of halogens is 4. The Kier molecular flexibility index (Phi) is 7.76. The third kappa shape index (κ3) is 4.86. The molecule has 0 radical (unpaired) electrons. The second-order valence-electron chi connectivity index (χ2n) is 6.69. The molecule has 2 fully saturated rings. The van der Waals surface area contributed by atoms with Crippen LogP contribution in [0.2, 0.25) is 0 Å². The van der Waals surface area contributed by atoms with Gasteiger partial charge in [-0.15, -0.1) is 25.6 Å². The van der Waals surface area contributed by atoms with Crippen LogP contribution in [0.4, 0.5) is 13.2 Å². The molecule has 0 spiro atoms. The van der Waals surface area contributed by atoms with Gasteiger partial charge in [0.1, 0.15) is 5.75 Å². The number of morpholine rings is 1. The maximum atomic E-state index is 12.9. The normalized spacial score (nSPS) is 23.9. The number of para-hydroxylation sites is 1. The van der Waals surface area contributed by atoms with Crippen LogP contribution in [0.5, 0.6) is 5.75 Å². The molecule has 1 aromatic carbocycles. The summed E-state index contributed by atoms with van der Waals surface area (Å²) in [5, 5.41) is 13.7. The van der Waals surface area contributed by atoms with E-state index in [4.69, 9.17) is 9.47 Å². The number of aliphatic hydroxyl groups is 1. The van der Waals surface area contributed by atoms with Crippen LogP contribution in [0.25, 0.3) is 0 Å². The molecule has 2 saturated heterocycles. The van der Waals surface area contributed by atoms with Crippen LogP contribution in [0, 0.1) is 5.92 Å². The molecule has 2 unspecified atom stereocenters. The van der Waals surface area contributed by atoms with E-state index in [0.717, 1.165) is 0 Å². The number of hydrogen-bond donors (Lipinski definition) is 2. The predicted molar refractivity (Wildman–Crippen MR) is 95.3 cm³/mol. The SMILES string of the molecule is Cl.OCC(c1ccccc1OC(F)(F)F)(C1CCOCC1)C1CNCCO1. The van der Waals surface area contributed by atoms with Gasteiger partial charge in [-0.05, 0) is 24.8 Å². The van der Waals surface area contributed by atoms with Gasteiger partial charge in [-0.2, -0.15) is 0 Å². The van der Waals surface area contributed by atoms with Crippen molar-refractivity contribution in [3.05, 3.63) is 29.8 Å². The zero-order chi connectivity index (χ0) is 18.6. The zero-order valence-electron chi connectivity index (χ0n) is 14.8. The lowest BCUT2D eigenvalue weighted by molar-refractivity contribution is -0.275. The smallest absolute Gasteiger partial charge is 0.405 e. The van der Waals surface area contributed by atoms with Gasteiger partial charge >= 0.3 is 6.36 Å². The Labute approximate surface area is 162 Å². The highest BCUT2D eigenvalue weighted by atomic mass is 35.5. The minimum atomic E-state index is -4.81. The third-order valence-electron chi connectivity index (χ3n) is 5.33. The first-order valence-corrected chi connectivity index (χ1v) is 8.83. The van der Waals surface area contributed by atoms with Crippen molar-refractivity contribution in [1.82, 2.24) is 5.32 Å². The standard InChI is InChI=1S/C18H24F3NO4.ClH/c19-18(20,21)26-15-4-2-1-3-14(15)17(12-23,13-5-8-24-9-6-13)16-11-22-7-10-25-16;/h1-4,13,16,22-23H,5-12H2;1H. The largest absolute Gasteiger partial charge is 0.573 e. The van der Waals surface area contributed by atoms with Crippen LogP contribution < -0.4 is 10.1 Å². The Bertz CT molecular complexity index is 572. The van der Waals surface area contributed by atoms with Crippen LogP contribution in [0.1, 0.15) is 18.4 Å². The molecule has 154 valence electrons. The molecule has 9 heteroatoms. The molecule has 5 nitrogen and oxygen atoms in total. The maximum Gasteiger partial charge on any atom is 0.573 e. The number of nitrogens with one attached hydrogen (secondary N) is 1. The quantitative estimate of drug-likeness (QED) is 0.780. The molecule has 0 amide bonds. The Hall–Kier alpha value is -1.06. The summed E-state index contributed by atoms with van der Waals surface area (Å²) >= 11 is 0. The van der Waals surface area contributed by atoms with Crippen molar-refractivity contribution in [2.24, 2.45) is 5.92 Å². The minimum Gasteiger partial charge on any atom is -0.405 e. The third-order valence-corrected chi connectivity index (χ3v) is 5.33. The van der Waals surface area contributed by atoms with Crippen LogP contribution >= 0.6 is 12.4 Å². The average molecular weight is 412 g/mol. The summed E-state index contributed by atoms with van der Waals surface area (Å²) < 4.78 is 54.5. The van der Waals surface area contributed by atoms with E-state index < -0.39 is 17.9 Å². The first kappa shape index (κ1) is 22.2. The topological polar surface area (TPSA) is 60.0 Å². The summed E-state index contributed by atoms with van der Waals surface area (Å²) in [6.07, 6.45) is -3.98. The fourth-order valence-electron chi connectivity index (χ4n) is 4.15. The van der Waals surface area contributed by atoms with Gasteiger partial charge in [-0.3, -0.25) is 0 Å². The molecule has 1 aromatic rings. The highest BCUT2D eigenvalue weighted by molar-refractivity contribution is 5.85. The first-order chi connectivity index (χ1) is 12.5. The van der Waals surface area contributed by atoms with Gasteiger partial charge in [0.2, 0.25) is 0 Å². The lowest BCUT2D eigenvalue weighted by atomic mass is 9.63. The Morgan fingerprint density at radius 2 is 1.85 bits per heavy atom. The fourth-order valence-corrected chi connectivity index (χ4v) is 4.15. The molecular weight excluding hydrogens is 387 g/mol. The lowest BCUT2D eigenvalue weighted by Crippen LogP contribution is -2.58.